The summed E-state index contributed by atoms with van der Waals surface area (Å²) in [6.45, 7) is 2.15. The number of aryl methyl sites for hydroxylation is 1. The predicted octanol–water partition coefficient (Wildman–Crippen LogP) is 4.63. The van der Waals surface area contributed by atoms with E-state index in [1.54, 1.807) is 0 Å². The molecule has 4 fully saturated rings. The molecule has 2 N–H and O–H groups in total. The van der Waals surface area contributed by atoms with Crippen LogP contribution in [-0.4, -0.2) is 11.8 Å². The van der Waals surface area contributed by atoms with Gasteiger partial charge >= 0.3 is 0 Å². The van der Waals surface area contributed by atoms with E-state index in [9.17, 15) is 0 Å². The van der Waals surface area contributed by atoms with E-state index in [0.29, 0.717) is 11.5 Å². The number of hydrogen-bond donors (Lipinski definition) is 1. The van der Waals surface area contributed by atoms with Crippen LogP contribution in [-0.2, 0) is 0 Å². The van der Waals surface area contributed by atoms with Gasteiger partial charge in [-0.25, -0.2) is 0 Å². The summed E-state index contributed by atoms with van der Waals surface area (Å²) in [6.07, 6.45) is 8.81. The molecule has 4 aliphatic carbocycles. The molecule has 0 spiro atoms. The molecule has 4 saturated carbocycles. The first-order valence-electron chi connectivity index (χ1n) is 8.58. The maximum Gasteiger partial charge on any atom is 0.0191 e. The van der Waals surface area contributed by atoms with Gasteiger partial charge in [0, 0.05) is 16.7 Å². The Labute approximate surface area is 133 Å². The first-order valence-corrected chi connectivity index (χ1v) is 9.56. The zero-order valence-electron chi connectivity index (χ0n) is 13.1. The Bertz CT molecular complexity index is 472. The van der Waals surface area contributed by atoms with Gasteiger partial charge in [-0.05, 0) is 80.8 Å². The van der Waals surface area contributed by atoms with Gasteiger partial charge in [0.25, 0.3) is 0 Å². The van der Waals surface area contributed by atoms with E-state index in [-0.39, 0.29) is 0 Å². The second-order valence-corrected chi connectivity index (χ2v) is 9.10. The van der Waals surface area contributed by atoms with E-state index < -0.39 is 0 Å². The van der Waals surface area contributed by atoms with Crippen LogP contribution in [0.1, 0.15) is 44.1 Å². The normalized spacial score (nSPS) is 38.7. The average Bonchev–Trinajstić information content (AvgIpc) is 2.45. The van der Waals surface area contributed by atoms with Gasteiger partial charge in [0.2, 0.25) is 0 Å². The average molecular weight is 301 g/mol. The molecule has 1 nitrogen and oxygen atoms in total. The maximum absolute atomic E-state index is 6.73. The summed E-state index contributed by atoms with van der Waals surface area (Å²) in [5.41, 5.74) is 8.56. The SMILES string of the molecule is Cc1ccc(SCC(N)C23CC4CC(CC(C4)C2)C3)cc1. The minimum Gasteiger partial charge on any atom is -0.326 e. The maximum atomic E-state index is 6.73. The van der Waals surface area contributed by atoms with Crippen LogP contribution in [0.4, 0.5) is 0 Å². The van der Waals surface area contributed by atoms with Crippen LogP contribution in [0.5, 0.6) is 0 Å². The first kappa shape index (κ1) is 14.1. The lowest BCUT2D eigenvalue weighted by molar-refractivity contribution is -0.0629. The Balaban J connectivity index is 1.42. The van der Waals surface area contributed by atoms with Crippen LogP contribution >= 0.6 is 11.8 Å². The summed E-state index contributed by atoms with van der Waals surface area (Å²) in [5, 5.41) is 0. The molecule has 0 radical (unpaired) electrons. The Hall–Kier alpha value is -0.470. The molecule has 4 aliphatic rings. The van der Waals surface area contributed by atoms with Gasteiger partial charge in [0.05, 0.1) is 0 Å². The van der Waals surface area contributed by atoms with Gasteiger partial charge in [-0.3, -0.25) is 0 Å². The molecule has 0 heterocycles. The molecular weight excluding hydrogens is 274 g/mol. The molecule has 1 atom stereocenters. The quantitative estimate of drug-likeness (QED) is 0.820. The monoisotopic (exact) mass is 301 g/mol. The second-order valence-electron chi connectivity index (χ2n) is 8.01. The molecule has 2 heteroatoms. The highest BCUT2D eigenvalue weighted by atomic mass is 32.2. The summed E-state index contributed by atoms with van der Waals surface area (Å²) in [5.74, 6) is 4.11. The van der Waals surface area contributed by atoms with Crippen molar-refractivity contribution < 1.29 is 0 Å². The van der Waals surface area contributed by atoms with Crippen molar-refractivity contribution in [3.63, 3.8) is 0 Å². The van der Waals surface area contributed by atoms with Gasteiger partial charge in [0.1, 0.15) is 0 Å². The number of nitrogens with two attached hydrogens (primary N) is 1. The molecule has 4 bridgehead atoms. The van der Waals surface area contributed by atoms with Crippen LogP contribution in [0, 0.1) is 30.1 Å². The summed E-state index contributed by atoms with van der Waals surface area (Å²) in [4.78, 5) is 1.38. The predicted molar refractivity (Wildman–Crippen MR) is 90.5 cm³/mol. The topological polar surface area (TPSA) is 26.0 Å². The van der Waals surface area contributed by atoms with Gasteiger partial charge in [-0.2, -0.15) is 0 Å². The molecule has 0 saturated heterocycles. The van der Waals surface area contributed by atoms with Crippen LogP contribution in [0.2, 0.25) is 0 Å². The third kappa shape index (κ3) is 2.66. The molecule has 0 amide bonds. The van der Waals surface area contributed by atoms with Crippen LogP contribution in [0.25, 0.3) is 0 Å². The summed E-state index contributed by atoms with van der Waals surface area (Å²) in [6, 6.07) is 9.29. The third-order valence-corrected chi connectivity index (χ3v) is 7.45. The molecule has 1 aromatic carbocycles. The van der Waals surface area contributed by atoms with Crippen molar-refractivity contribution in [1.82, 2.24) is 0 Å². The molecule has 21 heavy (non-hydrogen) atoms. The van der Waals surface area contributed by atoms with Crippen LogP contribution < -0.4 is 5.73 Å². The highest BCUT2D eigenvalue weighted by molar-refractivity contribution is 7.99. The Morgan fingerprint density at radius 1 is 1.05 bits per heavy atom. The fourth-order valence-electron chi connectivity index (χ4n) is 5.63. The van der Waals surface area contributed by atoms with Gasteiger partial charge < -0.3 is 5.73 Å². The largest absolute Gasteiger partial charge is 0.326 e. The fraction of sp³-hybridized carbons (Fsp3) is 0.684. The van der Waals surface area contributed by atoms with E-state index in [1.165, 1.54) is 49.0 Å². The first-order chi connectivity index (χ1) is 10.1. The molecule has 0 aliphatic heterocycles. The van der Waals surface area contributed by atoms with Crippen molar-refractivity contribution in [3.8, 4) is 0 Å². The fourth-order valence-corrected chi connectivity index (χ4v) is 6.68. The summed E-state index contributed by atoms with van der Waals surface area (Å²) in [7, 11) is 0. The third-order valence-electron chi connectivity index (χ3n) is 6.32. The van der Waals surface area contributed by atoms with Crippen molar-refractivity contribution in [1.29, 1.82) is 0 Å². The van der Waals surface area contributed by atoms with Gasteiger partial charge in [0.15, 0.2) is 0 Å². The van der Waals surface area contributed by atoms with E-state index in [0.717, 1.165) is 23.5 Å². The molecule has 1 unspecified atom stereocenters. The van der Waals surface area contributed by atoms with Crippen LogP contribution in [0.15, 0.2) is 29.2 Å². The zero-order chi connectivity index (χ0) is 14.4. The molecular formula is C19H27NS. The highest BCUT2D eigenvalue weighted by Crippen LogP contribution is 2.61. The van der Waals surface area contributed by atoms with E-state index in [4.69, 9.17) is 5.73 Å². The number of thioether (sulfide) groups is 1. The molecule has 1 aromatic rings. The van der Waals surface area contributed by atoms with E-state index in [1.807, 2.05) is 11.8 Å². The van der Waals surface area contributed by atoms with Crippen molar-refractivity contribution in [2.45, 2.75) is 56.4 Å². The van der Waals surface area contributed by atoms with Crippen LogP contribution in [0.3, 0.4) is 0 Å². The van der Waals surface area contributed by atoms with Gasteiger partial charge in [-0.1, -0.05) is 17.7 Å². The standard InChI is InChI=1S/C19H27NS/c1-13-2-4-17(5-3-13)21-12-18(20)19-9-14-6-15(10-19)8-16(7-14)11-19/h2-5,14-16,18H,6-12,20H2,1H3. The number of rotatable bonds is 4. The Morgan fingerprint density at radius 2 is 1.57 bits per heavy atom. The van der Waals surface area contributed by atoms with Crippen molar-refractivity contribution in [3.05, 3.63) is 29.8 Å². The highest BCUT2D eigenvalue weighted by Gasteiger charge is 2.53. The van der Waals surface area contributed by atoms with Crippen molar-refractivity contribution in [2.75, 3.05) is 5.75 Å². The van der Waals surface area contributed by atoms with Gasteiger partial charge in [-0.15, -0.1) is 11.8 Å². The number of hydrogen-bond acceptors (Lipinski definition) is 2. The lowest BCUT2D eigenvalue weighted by Gasteiger charge is -2.59. The van der Waals surface area contributed by atoms with E-state index >= 15 is 0 Å². The Morgan fingerprint density at radius 3 is 2.10 bits per heavy atom. The molecule has 5 rings (SSSR count). The lowest BCUT2D eigenvalue weighted by Crippen LogP contribution is -2.55. The minimum atomic E-state index is 0.386. The molecule has 114 valence electrons. The van der Waals surface area contributed by atoms with E-state index in [2.05, 4.69) is 31.2 Å². The zero-order valence-corrected chi connectivity index (χ0v) is 13.9. The molecule has 0 aromatic heterocycles. The lowest BCUT2D eigenvalue weighted by atomic mass is 9.48. The summed E-state index contributed by atoms with van der Waals surface area (Å²) >= 11 is 1.96. The smallest absolute Gasteiger partial charge is 0.0191 e. The van der Waals surface area contributed by atoms with Crippen molar-refractivity contribution >= 4 is 11.8 Å². The van der Waals surface area contributed by atoms with Crippen molar-refractivity contribution in [2.24, 2.45) is 28.9 Å². The Kier molecular flexibility index (Phi) is 3.58. The summed E-state index contributed by atoms with van der Waals surface area (Å²) < 4.78 is 0. The minimum absolute atomic E-state index is 0.386. The number of benzene rings is 1. The second kappa shape index (κ2) is 5.31.